The Bertz CT molecular complexity index is 1120. The lowest BCUT2D eigenvalue weighted by Gasteiger charge is -2.11. The van der Waals surface area contributed by atoms with Gasteiger partial charge >= 0.3 is 0 Å². The number of benzene rings is 1. The number of rotatable bonds is 6. The highest BCUT2D eigenvalue weighted by molar-refractivity contribution is 8.13. The molecule has 0 saturated carbocycles. The van der Waals surface area contributed by atoms with Crippen LogP contribution in [0.3, 0.4) is 0 Å². The highest BCUT2D eigenvalue weighted by Gasteiger charge is 2.18. The molecule has 0 fully saturated rings. The fourth-order valence-corrected chi connectivity index (χ4v) is 3.39. The van der Waals surface area contributed by atoms with Crippen LogP contribution in [0, 0.1) is 0 Å². The molecule has 8 nitrogen and oxygen atoms in total. The molecule has 1 aromatic carbocycles. The van der Waals surface area contributed by atoms with E-state index in [1.165, 1.54) is 18.2 Å². The van der Waals surface area contributed by atoms with E-state index in [2.05, 4.69) is 15.0 Å². The number of hydrogen-bond donors (Lipinski definition) is 1. The average molecular weight is 397 g/mol. The van der Waals surface area contributed by atoms with Gasteiger partial charge < -0.3 is 14.3 Å². The largest absolute Gasteiger partial charge is 0.493 e. The monoisotopic (exact) mass is 396 g/mol. The zero-order valence-electron chi connectivity index (χ0n) is 14.2. The van der Waals surface area contributed by atoms with Gasteiger partial charge in [-0.3, -0.25) is 4.79 Å². The second-order valence-electron chi connectivity index (χ2n) is 5.55. The Morgan fingerprint density at radius 3 is 2.73 bits per heavy atom. The molecule has 0 bridgehead atoms. The Labute approximate surface area is 154 Å². The summed E-state index contributed by atoms with van der Waals surface area (Å²) in [5.41, 5.74) is 0.562. The molecule has 1 N–H and O–H groups in total. The van der Waals surface area contributed by atoms with Gasteiger partial charge in [0.1, 0.15) is 11.6 Å². The summed E-state index contributed by atoms with van der Waals surface area (Å²) in [4.78, 5) is 23.5. The van der Waals surface area contributed by atoms with Crippen molar-refractivity contribution in [3.63, 3.8) is 0 Å². The SMILES string of the molecule is CCCn1cnc2c(=O)[nH]c(-c3cc(S(=O)(=O)Cl)ccc3OCC)nc21. The molecule has 0 aliphatic heterocycles. The number of imidazole rings is 1. The Kier molecular flexibility index (Phi) is 5.01. The third kappa shape index (κ3) is 3.45. The Balaban J connectivity index is 2.27. The van der Waals surface area contributed by atoms with Crippen LogP contribution < -0.4 is 10.3 Å². The molecular formula is C16H17ClN4O4S. The molecule has 0 atom stereocenters. The lowest BCUT2D eigenvalue weighted by molar-refractivity contribution is 0.341. The second-order valence-corrected chi connectivity index (χ2v) is 8.12. The van der Waals surface area contributed by atoms with Gasteiger partial charge in [0.05, 0.1) is 23.4 Å². The Morgan fingerprint density at radius 1 is 1.31 bits per heavy atom. The minimum absolute atomic E-state index is 0.109. The van der Waals surface area contributed by atoms with Crippen LogP contribution in [0.4, 0.5) is 0 Å². The van der Waals surface area contributed by atoms with E-state index < -0.39 is 14.6 Å². The van der Waals surface area contributed by atoms with Gasteiger partial charge in [-0.1, -0.05) is 6.92 Å². The summed E-state index contributed by atoms with van der Waals surface area (Å²) in [6.07, 6.45) is 2.41. The summed E-state index contributed by atoms with van der Waals surface area (Å²) in [6.45, 7) is 4.81. The maximum atomic E-state index is 12.4. The minimum Gasteiger partial charge on any atom is -0.493 e. The van der Waals surface area contributed by atoms with Crippen LogP contribution in [-0.2, 0) is 15.6 Å². The van der Waals surface area contributed by atoms with Crippen LogP contribution in [-0.4, -0.2) is 34.5 Å². The van der Waals surface area contributed by atoms with Gasteiger partial charge in [-0.25, -0.2) is 18.4 Å². The van der Waals surface area contributed by atoms with Crippen molar-refractivity contribution in [2.75, 3.05) is 6.61 Å². The van der Waals surface area contributed by atoms with E-state index in [1.807, 2.05) is 6.92 Å². The van der Waals surface area contributed by atoms with Gasteiger partial charge in [-0.15, -0.1) is 0 Å². The smallest absolute Gasteiger partial charge is 0.279 e. The van der Waals surface area contributed by atoms with Crippen LogP contribution >= 0.6 is 10.7 Å². The van der Waals surface area contributed by atoms with Crippen molar-refractivity contribution in [3.05, 3.63) is 34.9 Å². The van der Waals surface area contributed by atoms with Gasteiger partial charge in [0.2, 0.25) is 0 Å². The third-order valence-corrected chi connectivity index (χ3v) is 5.08. The topological polar surface area (TPSA) is 107 Å². The first-order valence-electron chi connectivity index (χ1n) is 8.02. The van der Waals surface area contributed by atoms with E-state index in [1.54, 1.807) is 17.8 Å². The molecule has 0 aliphatic rings. The Morgan fingerprint density at radius 2 is 2.08 bits per heavy atom. The maximum Gasteiger partial charge on any atom is 0.279 e. The van der Waals surface area contributed by atoms with Crippen molar-refractivity contribution < 1.29 is 13.2 Å². The number of nitrogens with zero attached hydrogens (tertiary/aromatic N) is 3. The first kappa shape index (κ1) is 18.4. The van der Waals surface area contributed by atoms with E-state index in [4.69, 9.17) is 15.4 Å². The van der Waals surface area contributed by atoms with Crippen molar-refractivity contribution in [2.45, 2.75) is 31.7 Å². The fraction of sp³-hybridized carbons (Fsp3) is 0.312. The lowest BCUT2D eigenvalue weighted by atomic mass is 10.2. The van der Waals surface area contributed by atoms with E-state index in [-0.39, 0.29) is 16.2 Å². The summed E-state index contributed by atoms with van der Waals surface area (Å²) >= 11 is 0. The number of ether oxygens (including phenoxy) is 1. The van der Waals surface area contributed by atoms with Crippen LogP contribution in [0.1, 0.15) is 20.3 Å². The van der Waals surface area contributed by atoms with Crippen molar-refractivity contribution in [3.8, 4) is 17.1 Å². The predicted molar refractivity (Wildman–Crippen MR) is 98.1 cm³/mol. The third-order valence-electron chi connectivity index (χ3n) is 3.73. The second kappa shape index (κ2) is 7.08. The van der Waals surface area contributed by atoms with Crippen molar-refractivity contribution in [1.82, 2.24) is 19.5 Å². The molecule has 2 aromatic heterocycles. The summed E-state index contributed by atoms with van der Waals surface area (Å²) < 4.78 is 30.7. The zero-order valence-corrected chi connectivity index (χ0v) is 15.8. The molecule has 0 aliphatic carbocycles. The van der Waals surface area contributed by atoms with Crippen LogP contribution in [0.5, 0.6) is 5.75 Å². The molecule has 138 valence electrons. The quantitative estimate of drug-likeness (QED) is 0.641. The normalized spacial score (nSPS) is 11.8. The maximum absolute atomic E-state index is 12.4. The standard InChI is InChI=1S/C16H17ClN4O4S/c1-3-7-21-9-18-13-15(21)19-14(20-16(13)22)11-8-10(26(17,23)24)5-6-12(11)25-4-2/h5-6,8-9H,3-4,7H2,1-2H3,(H,19,20,22). The highest BCUT2D eigenvalue weighted by Crippen LogP contribution is 2.31. The molecule has 3 aromatic rings. The van der Waals surface area contributed by atoms with E-state index in [0.717, 1.165) is 6.42 Å². The molecule has 26 heavy (non-hydrogen) atoms. The van der Waals surface area contributed by atoms with E-state index >= 15 is 0 Å². The summed E-state index contributed by atoms with van der Waals surface area (Å²) in [6, 6.07) is 4.16. The molecule has 0 amide bonds. The van der Waals surface area contributed by atoms with Gasteiger partial charge in [-0.2, -0.15) is 0 Å². The number of aromatic nitrogens is 4. The number of aryl methyl sites for hydroxylation is 1. The van der Waals surface area contributed by atoms with Gasteiger partial charge in [0, 0.05) is 17.2 Å². The van der Waals surface area contributed by atoms with Crippen LogP contribution in [0.15, 0.2) is 34.2 Å². The number of hydrogen-bond acceptors (Lipinski definition) is 6. The first-order valence-corrected chi connectivity index (χ1v) is 10.3. The van der Waals surface area contributed by atoms with E-state index in [0.29, 0.717) is 30.1 Å². The van der Waals surface area contributed by atoms with Crippen molar-refractivity contribution >= 4 is 30.9 Å². The van der Waals surface area contributed by atoms with Crippen LogP contribution in [0.25, 0.3) is 22.6 Å². The lowest BCUT2D eigenvalue weighted by Crippen LogP contribution is -2.11. The van der Waals surface area contributed by atoms with Gasteiger partial charge in [0.15, 0.2) is 11.2 Å². The molecule has 0 unspecified atom stereocenters. The molecule has 0 saturated heterocycles. The first-order chi connectivity index (χ1) is 12.3. The number of halogens is 1. The summed E-state index contributed by atoms with van der Waals surface area (Å²) in [7, 11) is 1.50. The summed E-state index contributed by atoms with van der Waals surface area (Å²) in [5, 5.41) is 0. The number of fused-ring (bicyclic) bond motifs is 1. The minimum atomic E-state index is -3.94. The van der Waals surface area contributed by atoms with Crippen molar-refractivity contribution in [2.24, 2.45) is 0 Å². The fourth-order valence-electron chi connectivity index (χ4n) is 2.61. The van der Waals surface area contributed by atoms with Crippen molar-refractivity contribution in [1.29, 1.82) is 0 Å². The zero-order chi connectivity index (χ0) is 18.9. The van der Waals surface area contributed by atoms with Gasteiger partial charge in [0.25, 0.3) is 14.6 Å². The predicted octanol–water partition coefficient (Wildman–Crippen LogP) is 2.52. The Hall–Kier alpha value is -2.39. The number of aromatic amines is 1. The molecule has 2 heterocycles. The molecule has 3 rings (SSSR count). The molecule has 10 heteroatoms. The molecule has 0 spiro atoms. The number of nitrogens with one attached hydrogen (secondary N) is 1. The molecular weight excluding hydrogens is 380 g/mol. The summed E-state index contributed by atoms with van der Waals surface area (Å²) in [5.74, 6) is 0.576. The van der Waals surface area contributed by atoms with E-state index in [9.17, 15) is 13.2 Å². The highest BCUT2D eigenvalue weighted by atomic mass is 35.7. The van der Waals surface area contributed by atoms with Crippen LogP contribution in [0.2, 0.25) is 0 Å². The van der Waals surface area contributed by atoms with Gasteiger partial charge in [-0.05, 0) is 31.5 Å². The molecule has 0 radical (unpaired) electrons. The number of H-pyrrole nitrogens is 1. The average Bonchev–Trinajstić information content (AvgIpc) is 2.98.